The standard InChI is InChI=1S/C29H33N3O4S/c1-4-6-11-28-30-26-17-16-23(31(3)37(35,36)18-5-2)19-27(26)32(28)20-21-12-14-22(15-13-21)24-9-7-8-10-25(24)29(33)34/h7-10,12-17,19H,4-6,11,18,20H2,1-3H3,(H,33,34). The maximum atomic E-state index is 12.7. The van der Waals surface area contributed by atoms with Gasteiger partial charge in [-0.05, 0) is 53.8 Å². The minimum Gasteiger partial charge on any atom is -0.478 e. The summed E-state index contributed by atoms with van der Waals surface area (Å²) >= 11 is 0. The van der Waals surface area contributed by atoms with E-state index in [9.17, 15) is 18.3 Å². The van der Waals surface area contributed by atoms with Gasteiger partial charge in [0.15, 0.2) is 0 Å². The SMILES string of the molecule is CCCCc1nc2ccc(N(C)S(=O)(=O)CCC)cc2n1Cc1ccc(-c2ccccc2C(=O)O)cc1. The van der Waals surface area contributed by atoms with E-state index in [1.807, 2.05) is 61.5 Å². The van der Waals surface area contributed by atoms with Crippen LogP contribution in [0.2, 0.25) is 0 Å². The van der Waals surface area contributed by atoms with Crippen LogP contribution in [-0.4, -0.2) is 41.8 Å². The first kappa shape index (κ1) is 26.4. The number of hydrogen-bond acceptors (Lipinski definition) is 4. The molecule has 0 bridgehead atoms. The van der Waals surface area contributed by atoms with E-state index in [0.717, 1.165) is 47.2 Å². The van der Waals surface area contributed by atoms with Gasteiger partial charge in [0.1, 0.15) is 5.82 Å². The number of benzene rings is 3. The van der Waals surface area contributed by atoms with Gasteiger partial charge in [0, 0.05) is 20.0 Å². The van der Waals surface area contributed by atoms with Crippen LogP contribution in [0.5, 0.6) is 0 Å². The lowest BCUT2D eigenvalue weighted by atomic mass is 9.99. The van der Waals surface area contributed by atoms with Gasteiger partial charge in [-0.2, -0.15) is 0 Å². The summed E-state index contributed by atoms with van der Waals surface area (Å²) in [4.78, 5) is 16.5. The summed E-state index contributed by atoms with van der Waals surface area (Å²) in [6.45, 7) is 4.58. The van der Waals surface area contributed by atoms with Crippen molar-refractivity contribution in [3.63, 3.8) is 0 Å². The molecule has 1 aromatic heterocycles. The number of aromatic carboxylic acids is 1. The van der Waals surface area contributed by atoms with Crippen molar-refractivity contribution in [3.8, 4) is 11.1 Å². The molecule has 8 heteroatoms. The largest absolute Gasteiger partial charge is 0.478 e. The topological polar surface area (TPSA) is 92.5 Å². The first-order chi connectivity index (χ1) is 17.7. The van der Waals surface area contributed by atoms with E-state index in [-0.39, 0.29) is 11.3 Å². The highest BCUT2D eigenvalue weighted by molar-refractivity contribution is 7.92. The Hall–Kier alpha value is -3.65. The number of carboxylic acids is 1. The van der Waals surface area contributed by atoms with Crippen molar-refractivity contribution in [1.82, 2.24) is 9.55 Å². The van der Waals surface area contributed by atoms with Crippen molar-refractivity contribution in [2.45, 2.75) is 46.1 Å². The van der Waals surface area contributed by atoms with E-state index < -0.39 is 16.0 Å². The van der Waals surface area contributed by atoms with Crippen LogP contribution in [0.25, 0.3) is 22.2 Å². The van der Waals surface area contributed by atoms with Crippen molar-refractivity contribution in [2.75, 3.05) is 17.1 Å². The Morgan fingerprint density at radius 2 is 1.73 bits per heavy atom. The fraction of sp³-hybridized carbons (Fsp3) is 0.310. The third-order valence-corrected chi connectivity index (χ3v) is 8.54. The van der Waals surface area contributed by atoms with Gasteiger partial charge in [-0.25, -0.2) is 18.2 Å². The number of carbonyl (C=O) groups is 1. The smallest absolute Gasteiger partial charge is 0.336 e. The highest BCUT2D eigenvalue weighted by atomic mass is 32.2. The molecule has 0 aliphatic carbocycles. The van der Waals surface area contributed by atoms with Gasteiger partial charge in [0.25, 0.3) is 0 Å². The summed E-state index contributed by atoms with van der Waals surface area (Å²) in [6, 6.07) is 20.5. The highest BCUT2D eigenvalue weighted by Crippen LogP contribution is 2.28. The van der Waals surface area contributed by atoms with Gasteiger partial charge in [0.05, 0.1) is 28.0 Å². The average molecular weight is 520 g/mol. The van der Waals surface area contributed by atoms with Crippen LogP contribution < -0.4 is 4.31 Å². The summed E-state index contributed by atoms with van der Waals surface area (Å²) in [5, 5.41) is 9.54. The number of unbranched alkanes of at least 4 members (excludes halogenated alkanes) is 1. The molecule has 0 aliphatic rings. The quantitative estimate of drug-likeness (QED) is 0.264. The van der Waals surface area contributed by atoms with Crippen LogP contribution in [0.4, 0.5) is 5.69 Å². The minimum absolute atomic E-state index is 0.0971. The monoisotopic (exact) mass is 519 g/mol. The van der Waals surface area contributed by atoms with Crippen molar-refractivity contribution >= 4 is 32.7 Å². The van der Waals surface area contributed by atoms with Gasteiger partial charge in [-0.3, -0.25) is 4.31 Å². The Kier molecular flexibility index (Phi) is 7.97. The van der Waals surface area contributed by atoms with Crippen LogP contribution in [0.3, 0.4) is 0 Å². The van der Waals surface area contributed by atoms with Gasteiger partial charge < -0.3 is 9.67 Å². The lowest BCUT2D eigenvalue weighted by molar-refractivity contribution is 0.0697. The van der Waals surface area contributed by atoms with Gasteiger partial charge in [-0.1, -0.05) is 62.7 Å². The number of imidazole rings is 1. The van der Waals surface area contributed by atoms with E-state index in [4.69, 9.17) is 4.98 Å². The number of aryl methyl sites for hydroxylation is 1. The fourth-order valence-electron chi connectivity index (χ4n) is 4.51. The molecule has 1 heterocycles. The average Bonchev–Trinajstić information content (AvgIpc) is 3.23. The lowest BCUT2D eigenvalue weighted by Crippen LogP contribution is -2.28. The Morgan fingerprint density at radius 3 is 2.41 bits per heavy atom. The molecule has 0 saturated carbocycles. The van der Waals surface area contributed by atoms with E-state index in [0.29, 0.717) is 24.2 Å². The normalized spacial score (nSPS) is 11.6. The van der Waals surface area contributed by atoms with Gasteiger partial charge in [0.2, 0.25) is 10.0 Å². The molecule has 0 unspecified atom stereocenters. The Bertz CT molecular complexity index is 1510. The predicted molar refractivity (Wildman–Crippen MR) is 149 cm³/mol. The molecular weight excluding hydrogens is 486 g/mol. The molecule has 0 amide bonds. The number of rotatable bonds is 11. The molecule has 0 atom stereocenters. The number of fused-ring (bicyclic) bond motifs is 1. The van der Waals surface area contributed by atoms with Crippen molar-refractivity contribution in [3.05, 3.63) is 83.7 Å². The number of hydrogen-bond donors (Lipinski definition) is 1. The number of aromatic nitrogens is 2. The maximum Gasteiger partial charge on any atom is 0.336 e. The Labute approximate surface area is 218 Å². The van der Waals surface area contributed by atoms with E-state index >= 15 is 0 Å². The van der Waals surface area contributed by atoms with Crippen LogP contribution in [0, 0.1) is 0 Å². The summed E-state index contributed by atoms with van der Waals surface area (Å²) in [6.07, 6.45) is 3.44. The molecule has 3 aromatic carbocycles. The second-order valence-electron chi connectivity index (χ2n) is 9.22. The van der Waals surface area contributed by atoms with Crippen molar-refractivity contribution in [2.24, 2.45) is 0 Å². The molecule has 0 aliphatic heterocycles. The van der Waals surface area contributed by atoms with Crippen LogP contribution in [-0.2, 0) is 23.0 Å². The van der Waals surface area contributed by atoms with Gasteiger partial charge >= 0.3 is 5.97 Å². The first-order valence-corrected chi connectivity index (χ1v) is 14.2. The fourth-order valence-corrected chi connectivity index (χ4v) is 5.73. The zero-order valence-electron chi connectivity index (χ0n) is 21.5. The van der Waals surface area contributed by atoms with Crippen molar-refractivity contribution < 1.29 is 18.3 Å². The molecule has 194 valence electrons. The lowest BCUT2D eigenvalue weighted by Gasteiger charge is -2.19. The van der Waals surface area contributed by atoms with E-state index in [1.54, 1.807) is 19.2 Å². The second-order valence-corrected chi connectivity index (χ2v) is 11.3. The molecule has 7 nitrogen and oxygen atoms in total. The summed E-state index contributed by atoms with van der Waals surface area (Å²) < 4.78 is 28.9. The Balaban J connectivity index is 1.71. The van der Waals surface area contributed by atoms with E-state index in [2.05, 4.69) is 11.5 Å². The van der Waals surface area contributed by atoms with Crippen molar-refractivity contribution in [1.29, 1.82) is 0 Å². The molecule has 0 radical (unpaired) electrons. The predicted octanol–water partition coefficient (Wildman–Crippen LogP) is 5.97. The molecule has 37 heavy (non-hydrogen) atoms. The number of sulfonamides is 1. The van der Waals surface area contributed by atoms with Gasteiger partial charge in [-0.15, -0.1) is 0 Å². The minimum atomic E-state index is -3.39. The van der Waals surface area contributed by atoms with E-state index in [1.165, 1.54) is 4.31 Å². The van der Waals surface area contributed by atoms with Crippen LogP contribution >= 0.6 is 0 Å². The maximum absolute atomic E-state index is 12.7. The molecule has 0 saturated heterocycles. The molecule has 0 fully saturated rings. The molecule has 0 spiro atoms. The molecule has 1 N–H and O–H groups in total. The summed E-state index contributed by atoms with van der Waals surface area (Å²) in [7, 11) is -1.79. The third-order valence-electron chi connectivity index (χ3n) is 6.57. The number of carboxylic acid groups (broad SMARTS) is 1. The Morgan fingerprint density at radius 1 is 1.00 bits per heavy atom. The van der Waals surface area contributed by atoms with Crippen LogP contribution in [0.15, 0.2) is 66.7 Å². The summed E-state index contributed by atoms with van der Waals surface area (Å²) in [5.41, 5.74) is 5.18. The highest BCUT2D eigenvalue weighted by Gasteiger charge is 2.19. The van der Waals surface area contributed by atoms with Crippen LogP contribution in [0.1, 0.15) is 54.9 Å². The molecule has 4 rings (SSSR count). The second kappa shape index (κ2) is 11.2. The summed E-state index contributed by atoms with van der Waals surface area (Å²) in [5.74, 6) is 0.111. The zero-order chi connectivity index (χ0) is 26.6. The third kappa shape index (κ3) is 5.69. The zero-order valence-corrected chi connectivity index (χ0v) is 22.3. The number of nitrogens with zero attached hydrogens (tertiary/aromatic N) is 3. The molecule has 4 aromatic rings. The molecular formula is C29H33N3O4S. The first-order valence-electron chi connectivity index (χ1n) is 12.6. The number of anilines is 1.